The van der Waals surface area contributed by atoms with Gasteiger partial charge in [0.15, 0.2) is 0 Å². The van der Waals surface area contributed by atoms with Crippen LogP contribution in [0.5, 0.6) is 0 Å². The molecule has 4 aromatic rings. The van der Waals surface area contributed by atoms with Crippen LogP contribution in [-0.4, -0.2) is 5.88 Å². The highest BCUT2D eigenvalue weighted by Crippen LogP contribution is 2.45. The monoisotopic (exact) mass is 346 g/mol. The molecule has 0 saturated carbocycles. The van der Waals surface area contributed by atoms with E-state index in [1.807, 2.05) is 6.07 Å². The summed E-state index contributed by atoms with van der Waals surface area (Å²) in [6.45, 7) is 0. The largest absolute Gasteiger partial charge is 0.469 e. The second-order valence-corrected chi connectivity index (χ2v) is 7.25. The van der Waals surface area contributed by atoms with Gasteiger partial charge in [-0.2, -0.15) is 0 Å². The van der Waals surface area contributed by atoms with Gasteiger partial charge in [-0.15, -0.1) is 11.6 Å². The first-order valence-electron chi connectivity index (χ1n) is 8.89. The normalized spacial score (nSPS) is 20.0. The molecule has 1 heterocycles. The van der Waals surface area contributed by atoms with Gasteiger partial charge in [0, 0.05) is 17.7 Å². The Morgan fingerprint density at radius 2 is 1.76 bits per heavy atom. The highest BCUT2D eigenvalue weighted by molar-refractivity contribution is 6.18. The lowest BCUT2D eigenvalue weighted by Crippen LogP contribution is -2.20. The SMILES string of the molecule is ClCC1c2ccc3c(ccc4ccccc43)c2CCC1c1ccco1. The molecule has 0 saturated heterocycles. The van der Waals surface area contributed by atoms with Gasteiger partial charge < -0.3 is 4.42 Å². The Bertz CT molecular complexity index is 1050. The molecule has 0 fully saturated rings. The molecule has 1 nitrogen and oxygen atoms in total. The number of aryl methyl sites for hydroxylation is 1. The van der Waals surface area contributed by atoms with Crippen LogP contribution < -0.4 is 0 Å². The van der Waals surface area contributed by atoms with Gasteiger partial charge in [0.25, 0.3) is 0 Å². The van der Waals surface area contributed by atoms with E-state index in [2.05, 4.69) is 54.6 Å². The summed E-state index contributed by atoms with van der Waals surface area (Å²) in [4.78, 5) is 0. The number of hydrogen-bond donors (Lipinski definition) is 0. The number of halogens is 1. The topological polar surface area (TPSA) is 13.1 Å². The van der Waals surface area contributed by atoms with Crippen LogP contribution in [-0.2, 0) is 6.42 Å². The molecule has 1 aliphatic carbocycles. The lowest BCUT2D eigenvalue weighted by Gasteiger charge is -2.32. The smallest absolute Gasteiger partial charge is 0.107 e. The van der Waals surface area contributed by atoms with Gasteiger partial charge in [0.05, 0.1) is 6.26 Å². The van der Waals surface area contributed by atoms with E-state index in [9.17, 15) is 0 Å². The van der Waals surface area contributed by atoms with Crippen molar-refractivity contribution in [3.05, 3.63) is 83.8 Å². The summed E-state index contributed by atoms with van der Waals surface area (Å²) in [6.07, 6.45) is 3.93. The summed E-state index contributed by atoms with van der Waals surface area (Å²) in [7, 11) is 0. The van der Waals surface area contributed by atoms with E-state index >= 15 is 0 Å². The molecule has 0 amide bonds. The number of furan rings is 1. The van der Waals surface area contributed by atoms with Crippen LogP contribution in [0.25, 0.3) is 21.5 Å². The quantitative estimate of drug-likeness (QED) is 0.293. The molecule has 0 bridgehead atoms. The Kier molecular flexibility index (Phi) is 3.57. The predicted octanol–water partition coefficient (Wildman–Crippen LogP) is 6.64. The standard InChI is InChI=1S/C23H19ClO/c24-14-22-20-10-9-17-16-5-2-1-4-15(16)7-8-18(17)19(20)11-12-21(22)23-6-3-13-25-23/h1-10,13,21-22H,11-12,14H2. The first-order chi connectivity index (χ1) is 12.4. The Hall–Kier alpha value is -2.25. The van der Waals surface area contributed by atoms with E-state index in [-0.39, 0.29) is 0 Å². The molecule has 124 valence electrons. The van der Waals surface area contributed by atoms with Gasteiger partial charge >= 0.3 is 0 Å². The zero-order valence-electron chi connectivity index (χ0n) is 13.9. The fourth-order valence-corrected chi connectivity index (χ4v) is 4.93. The maximum atomic E-state index is 6.42. The lowest BCUT2D eigenvalue weighted by atomic mass is 9.73. The first kappa shape index (κ1) is 15.0. The Morgan fingerprint density at radius 3 is 2.60 bits per heavy atom. The fraction of sp³-hybridized carbons (Fsp3) is 0.217. The van der Waals surface area contributed by atoms with Gasteiger partial charge in [0.1, 0.15) is 5.76 Å². The molecule has 5 rings (SSSR count). The molecule has 1 aromatic heterocycles. The van der Waals surface area contributed by atoms with E-state index in [4.69, 9.17) is 16.0 Å². The Balaban J connectivity index is 1.71. The first-order valence-corrected chi connectivity index (χ1v) is 9.43. The van der Waals surface area contributed by atoms with E-state index < -0.39 is 0 Å². The van der Waals surface area contributed by atoms with Crippen LogP contribution >= 0.6 is 11.6 Å². The van der Waals surface area contributed by atoms with Crippen molar-refractivity contribution in [1.29, 1.82) is 0 Å². The summed E-state index contributed by atoms with van der Waals surface area (Å²) >= 11 is 6.42. The summed E-state index contributed by atoms with van der Waals surface area (Å²) in [5, 5.41) is 5.36. The summed E-state index contributed by atoms with van der Waals surface area (Å²) in [6, 6.07) is 21.8. The predicted molar refractivity (Wildman–Crippen MR) is 105 cm³/mol. The third-order valence-electron chi connectivity index (χ3n) is 5.74. The van der Waals surface area contributed by atoms with E-state index in [1.165, 1.54) is 32.7 Å². The highest BCUT2D eigenvalue weighted by Gasteiger charge is 2.32. The van der Waals surface area contributed by atoms with Crippen LogP contribution in [0.3, 0.4) is 0 Å². The van der Waals surface area contributed by atoms with E-state index in [1.54, 1.807) is 6.26 Å². The zero-order chi connectivity index (χ0) is 16.8. The zero-order valence-corrected chi connectivity index (χ0v) is 14.7. The van der Waals surface area contributed by atoms with Gasteiger partial charge in [-0.1, -0.05) is 48.5 Å². The van der Waals surface area contributed by atoms with E-state index in [0.29, 0.717) is 17.7 Å². The van der Waals surface area contributed by atoms with Gasteiger partial charge in [-0.3, -0.25) is 0 Å². The average molecular weight is 347 g/mol. The number of hydrogen-bond acceptors (Lipinski definition) is 1. The van der Waals surface area contributed by atoms with Gasteiger partial charge in [0.2, 0.25) is 0 Å². The van der Waals surface area contributed by atoms with Crippen molar-refractivity contribution in [2.45, 2.75) is 24.7 Å². The molecule has 1 aliphatic rings. The molecule has 0 aliphatic heterocycles. The van der Waals surface area contributed by atoms with Crippen molar-refractivity contribution in [2.24, 2.45) is 0 Å². The highest BCUT2D eigenvalue weighted by atomic mass is 35.5. The van der Waals surface area contributed by atoms with Crippen LogP contribution in [0.1, 0.15) is 35.1 Å². The second-order valence-electron chi connectivity index (χ2n) is 6.94. The second kappa shape index (κ2) is 5.93. The van der Waals surface area contributed by atoms with Crippen LogP contribution in [0.2, 0.25) is 0 Å². The number of fused-ring (bicyclic) bond motifs is 5. The minimum absolute atomic E-state index is 0.312. The van der Waals surface area contributed by atoms with E-state index in [0.717, 1.165) is 18.6 Å². The molecule has 0 spiro atoms. The van der Waals surface area contributed by atoms with Crippen molar-refractivity contribution in [2.75, 3.05) is 5.88 Å². The summed E-state index contributed by atoms with van der Waals surface area (Å²) in [5.41, 5.74) is 2.86. The average Bonchev–Trinajstić information content (AvgIpc) is 3.21. The molecule has 2 atom stereocenters. The summed E-state index contributed by atoms with van der Waals surface area (Å²) < 4.78 is 5.71. The minimum atomic E-state index is 0.312. The van der Waals surface area contributed by atoms with Crippen molar-refractivity contribution < 1.29 is 4.42 Å². The van der Waals surface area contributed by atoms with Gasteiger partial charge in [-0.25, -0.2) is 0 Å². The molecule has 3 aromatic carbocycles. The molecule has 2 unspecified atom stereocenters. The number of alkyl halides is 1. The molecule has 0 N–H and O–H groups in total. The molecule has 0 radical (unpaired) electrons. The van der Waals surface area contributed by atoms with Crippen LogP contribution in [0, 0.1) is 0 Å². The van der Waals surface area contributed by atoms with Crippen molar-refractivity contribution in [3.8, 4) is 0 Å². The molecule has 25 heavy (non-hydrogen) atoms. The third-order valence-corrected chi connectivity index (χ3v) is 6.07. The molecular weight excluding hydrogens is 328 g/mol. The van der Waals surface area contributed by atoms with Crippen LogP contribution in [0.15, 0.2) is 71.3 Å². The molecular formula is C23H19ClO. The summed E-state index contributed by atoms with van der Waals surface area (Å²) in [5.74, 6) is 2.37. The fourth-order valence-electron chi connectivity index (χ4n) is 4.55. The van der Waals surface area contributed by atoms with Gasteiger partial charge in [-0.05, 0) is 57.6 Å². The van der Waals surface area contributed by atoms with Crippen molar-refractivity contribution >= 4 is 33.1 Å². The molecule has 2 heteroatoms. The maximum absolute atomic E-state index is 6.42. The van der Waals surface area contributed by atoms with Crippen LogP contribution in [0.4, 0.5) is 0 Å². The maximum Gasteiger partial charge on any atom is 0.107 e. The number of benzene rings is 3. The minimum Gasteiger partial charge on any atom is -0.469 e. The van der Waals surface area contributed by atoms with Crippen molar-refractivity contribution in [1.82, 2.24) is 0 Å². The Morgan fingerprint density at radius 1 is 0.880 bits per heavy atom. The Labute approximate surface area is 152 Å². The lowest BCUT2D eigenvalue weighted by molar-refractivity contribution is 0.400. The third kappa shape index (κ3) is 2.30. The van der Waals surface area contributed by atoms with Crippen molar-refractivity contribution in [3.63, 3.8) is 0 Å². The number of rotatable bonds is 2.